The summed E-state index contributed by atoms with van der Waals surface area (Å²) in [5.74, 6) is 1.41. The van der Waals surface area contributed by atoms with Crippen molar-refractivity contribution in [2.75, 3.05) is 29.5 Å². The van der Waals surface area contributed by atoms with E-state index >= 15 is 0 Å². The van der Waals surface area contributed by atoms with Gasteiger partial charge >= 0.3 is 0 Å². The number of nitriles is 1. The molecule has 1 amide bonds. The summed E-state index contributed by atoms with van der Waals surface area (Å²) in [6, 6.07) is 10.3. The first-order valence-electron chi connectivity index (χ1n) is 14.7. The molecule has 0 radical (unpaired) electrons. The van der Waals surface area contributed by atoms with Gasteiger partial charge in [0.25, 0.3) is 0 Å². The lowest BCUT2D eigenvalue weighted by Crippen LogP contribution is -2.42. The molecule has 3 saturated carbocycles. The van der Waals surface area contributed by atoms with Crippen LogP contribution in [-0.4, -0.2) is 49.4 Å². The summed E-state index contributed by atoms with van der Waals surface area (Å²) in [6.45, 7) is 9.86. The number of carbonyl (C=O) groups excluding carboxylic acids is 1. The number of nitrogens with zero attached hydrogens (tertiary/aromatic N) is 3. The van der Waals surface area contributed by atoms with Crippen LogP contribution in [0.3, 0.4) is 0 Å². The zero-order valence-corrected chi connectivity index (χ0v) is 24.8. The Morgan fingerprint density at radius 2 is 1.73 bits per heavy atom. The molecule has 6 rings (SSSR count). The highest BCUT2D eigenvalue weighted by molar-refractivity contribution is 7.91. The van der Waals surface area contributed by atoms with Crippen LogP contribution in [0, 0.1) is 28.1 Å². The average Bonchev–Trinajstić information content (AvgIpc) is 3.69. The average molecular weight is 565 g/mol. The predicted molar refractivity (Wildman–Crippen MR) is 154 cm³/mol. The summed E-state index contributed by atoms with van der Waals surface area (Å²) in [5, 5.41) is 12.7. The number of carbonyl (C=O) groups is 1. The highest BCUT2D eigenvalue weighted by atomic mass is 32.2. The Kier molecular flexibility index (Phi) is 6.38. The molecule has 0 spiro atoms. The highest BCUT2D eigenvalue weighted by Gasteiger charge is 2.67. The fourth-order valence-electron chi connectivity index (χ4n) is 7.11. The van der Waals surface area contributed by atoms with Gasteiger partial charge in [-0.2, -0.15) is 5.26 Å². The van der Waals surface area contributed by atoms with Gasteiger partial charge in [0.1, 0.15) is 17.0 Å². The van der Waals surface area contributed by atoms with Gasteiger partial charge in [-0.15, -0.1) is 0 Å². The number of benzene rings is 1. The molecule has 1 aromatic heterocycles. The molecular formula is C31H40N4O4S. The summed E-state index contributed by atoms with van der Waals surface area (Å²) in [7, 11) is -3.02. The number of nitrogens with one attached hydrogen (secondary N) is 1. The van der Waals surface area contributed by atoms with Crippen LogP contribution in [0.5, 0.6) is 0 Å². The molecule has 1 N–H and O–H groups in total. The van der Waals surface area contributed by atoms with Gasteiger partial charge < -0.3 is 14.6 Å². The van der Waals surface area contributed by atoms with Gasteiger partial charge in [-0.25, -0.2) is 13.4 Å². The van der Waals surface area contributed by atoms with Crippen LogP contribution in [0.15, 0.2) is 28.7 Å². The quantitative estimate of drug-likeness (QED) is 0.514. The summed E-state index contributed by atoms with van der Waals surface area (Å²) >= 11 is 0. The number of hydrogen-bond acceptors (Lipinski definition) is 7. The van der Waals surface area contributed by atoms with E-state index in [-0.39, 0.29) is 46.0 Å². The zero-order chi connectivity index (χ0) is 28.5. The van der Waals surface area contributed by atoms with E-state index in [0.29, 0.717) is 25.9 Å². The van der Waals surface area contributed by atoms with Crippen LogP contribution in [0.1, 0.15) is 89.7 Å². The molecule has 214 valence electrons. The van der Waals surface area contributed by atoms with Gasteiger partial charge in [-0.3, -0.25) is 4.79 Å². The fraction of sp³-hybridized carbons (Fsp3) is 0.645. The zero-order valence-electron chi connectivity index (χ0n) is 24.0. The number of hydrogen-bond donors (Lipinski definition) is 1. The van der Waals surface area contributed by atoms with Crippen LogP contribution in [0.4, 0.5) is 5.69 Å². The van der Waals surface area contributed by atoms with Gasteiger partial charge in [0.2, 0.25) is 5.91 Å². The van der Waals surface area contributed by atoms with Crippen LogP contribution in [0.2, 0.25) is 0 Å². The molecule has 4 fully saturated rings. The first-order valence-corrected chi connectivity index (χ1v) is 16.5. The van der Waals surface area contributed by atoms with Crippen molar-refractivity contribution in [2.45, 2.75) is 83.6 Å². The third-order valence-corrected chi connectivity index (χ3v) is 12.2. The molecule has 9 heteroatoms. The molecule has 0 unspecified atom stereocenters. The topological polar surface area (TPSA) is 116 Å². The van der Waals surface area contributed by atoms with E-state index in [9.17, 15) is 18.5 Å². The van der Waals surface area contributed by atoms with E-state index in [1.165, 1.54) is 0 Å². The van der Waals surface area contributed by atoms with E-state index in [1.54, 1.807) is 0 Å². The van der Waals surface area contributed by atoms with Crippen molar-refractivity contribution in [3.63, 3.8) is 0 Å². The minimum Gasteiger partial charge on any atom is -0.444 e. The fourth-order valence-corrected chi connectivity index (χ4v) is 8.31. The van der Waals surface area contributed by atoms with Crippen molar-refractivity contribution in [1.29, 1.82) is 5.26 Å². The van der Waals surface area contributed by atoms with Crippen LogP contribution >= 0.6 is 0 Å². The Bertz CT molecular complexity index is 1450. The maximum atomic E-state index is 13.6. The molecule has 3 aliphatic carbocycles. The Morgan fingerprint density at radius 3 is 2.35 bits per heavy atom. The molecule has 4 aliphatic rings. The standard InChI is InChI=1S/C31H40N4O4S/c1-29(2)26(30(29,3)4)28-33-24(22-11-7-8-12-23(22)35-15-17-40(37,38)18-16-35)25(39-28)20-9-5-6-10-21(20)27(36)34-31(19-32)13-14-31/h7-8,11-12,20-21,26H,5-6,9-10,13-18H2,1-4H3,(H,34,36)/t20-,21-/m1/s1. The molecule has 2 atom stereocenters. The number of rotatable bonds is 6. The van der Waals surface area contributed by atoms with Crippen molar-refractivity contribution in [3.05, 3.63) is 35.9 Å². The smallest absolute Gasteiger partial charge is 0.225 e. The molecule has 0 bridgehead atoms. The molecule has 1 aliphatic heterocycles. The van der Waals surface area contributed by atoms with Gasteiger partial charge in [-0.1, -0.05) is 58.7 Å². The van der Waals surface area contributed by atoms with E-state index in [1.807, 2.05) is 24.3 Å². The summed E-state index contributed by atoms with van der Waals surface area (Å²) < 4.78 is 31.1. The SMILES string of the molecule is CC1(C)C(c2nc(-c3ccccc3N3CCS(=O)(=O)CC3)c([C@@H]3CCCC[C@H]3C(=O)NC3(C#N)CC3)o2)C1(C)C. The van der Waals surface area contributed by atoms with Crippen molar-refractivity contribution in [1.82, 2.24) is 10.3 Å². The minimum absolute atomic E-state index is 0.0294. The molecular weight excluding hydrogens is 524 g/mol. The lowest BCUT2D eigenvalue weighted by Gasteiger charge is -2.32. The van der Waals surface area contributed by atoms with Crippen molar-refractivity contribution >= 4 is 21.4 Å². The van der Waals surface area contributed by atoms with E-state index in [2.05, 4.69) is 44.0 Å². The number of para-hydroxylation sites is 1. The van der Waals surface area contributed by atoms with Crippen LogP contribution in [-0.2, 0) is 14.6 Å². The predicted octanol–water partition coefficient (Wildman–Crippen LogP) is 5.17. The van der Waals surface area contributed by atoms with Gasteiger partial charge in [0, 0.05) is 42.1 Å². The largest absolute Gasteiger partial charge is 0.444 e. The number of oxazole rings is 1. The van der Waals surface area contributed by atoms with Crippen LogP contribution in [0.25, 0.3) is 11.3 Å². The number of sulfone groups is 1. The van der Waals surface area contributed by atoms with Crippen molar-refractivity contribution < 1.29 is 17.6 Å². The van der Waals surface area contributed by atoms with Gasteiger partial charge in [0.15, 0.2) is 15.7 Å². The first-order chi connectivity index (χ1) is 18.9. The monoisotopic (exact) mass is 564 g/mol. The second-order valence-electron chi connectivity index (χ2n) is 13.5. The normalized spacial score (nSPS) is 27.9. The Hall–Kier alpha value is -2.86. The summed E-state index contributed by atoms with van der Waals surface area (Å²) in [6.07, 6.45) is 4.94. The Labute approximate surface area is 237 Å². The van der Waals surface area contributed by atoms with E-state index in [0.717, 1.165) is 54.3 Å². The summed E-state index contributed by atoms with van der Waals surface area (Å²) in [5.41, 5.74) is 1.99. The lowest BCUT2D eigenvalue weighted by atomic mass is 9.76. The molecule has 2 heterocycles. The maximum Gasteiger partial charge on any atom is 0.225 e. The molecule has 8 nitrogen and oxygen atoms in total. The van der Waals surface area contributed by atoms with Gasteiger partial charge in [0.05, 0.1) is 17.6 Å². The number of aromatic nitrogens is 1. The van der Waals surface area contributed by atoms with Crippen molar-refractivity contribution in [3.8, 4) is 17.3 Å². The van der Waals surface area contributed by atoms with E-state index in [4.69, 9.17) is 9.40 Å². The highest BCUT2D eigenvalue weighted by Crippen LogP contribution is 2.73. The first kappa shape index (κ1) is 27.3. The second kappa shape index (κ2) is 9.34. The second-order valence-corrected chi connectivity index (χ2v) is 15.8. The van der Waals surface area contributed by atoms with Crippen molar-refractivity contribution in [2.24, 2.45) is 16.7 Å². The number of amides is 1. The Balaban J connectivity index is 1.42. The third kappa shape index (κ3) is 4.52. The third-order valence-electron chi connectivity index (χ3n) is 10.5. The molecule has 40 heavy (non-hydrogen) atoms. The van der Waals surface area contributed by atoms with E-state index < -0.39 is 15.4 Å². The molecule has 1 saturated heterocycles. The molecule has 1 aromatic carbocycles. The molecule has 2 aromatic rings. The minimum atomic E-state index is -3.02. The number of anilines is 1. The van der Waals surface area contributed by atoms with Crippen LogP contribution < -0.4 is 10.2 Å². The maximum absolute atomic E-state index is 13.6. The summed E-state index contributed by atoms with van der Waals surface area (Å²) in [4.78, 5) is 20.9. The Morgan fingerprint density at radius 1 is 1.07 bits per heavy atom. The van der Waals surface area contributed by atoms with Gasteiger partial charge in [-0.05, 0) is 42.6 Å². The lowest BCUT2D eigenvalue weighted by molar-refractivity contribution is -0.127.